The highest BCUT2D eigenvalue weighted by atomic mass is 16.5. The minimum atomic E-state index is -1.06. The molecule has 3 aromatic rings. The van der Waals surface area contributed by atoms with E-state index >= 15 is 0 Å². The molecular weight excluding hydrogens is 458 g/mol. The van der Waals surface area contributed by atoms with Gasteiger partial charge < -0.3 is 9.64 Å². The largest absolute Gasteiger partial charge is 0.453 e. The molecule has 36 heavy (non-hydrogen) atoms. The van der Waals surface area contributed by atoms with E-state index in [2.05, 4.69) is 0 Å². The van der Waals surface area contributed by atoms with Crippen LogP contribution in [0.1, 0.15) is 46.9 Å². The molecule has 0 N–H and O–H groups in total. The number of para-hydroxylation sites is 1. The van der Waals surface area contributed by atoms with E-state index in [-0.39, 0.29) is 32.4 Å². The Labute approximate surface area is 208 Å². The van der Waals surface area contributed by atoms with Gasteiger partial charge in [0.15, 0.2) is 6.10 Å². The summed E-state index contributed by atoms with van der Waals surface area (Å²) in [5, 5.41) is 10.4. The van der Waals surface area contributed by atoms with E-state index in [0.29, 0.717) is 22.2 Å². The maximum Gasteiger partial charge on any atom is 0.306 e. The Morgan fingerprint density at radius 1 is 0.972 bits per heavy atom. The molecule has 0 radical (unpaired) electrons. The molecule has 0 aromatic heterocycles. The summed E-state index contributed by atoms with van der Waals surface area (Å²) in [6.45, 7) is 1.71. The van der Waals surface area contributed by atoms with Gasteiger partial charge in [0, 0.05) is 41.7 Å². The predicted molar refractivity (Wildman–Crippen MR) is 133 cm³/mol. The second-order valence-electron chi connectivity index (χ2n) is 8.44. The number of hydrogen-bond donors (Lipinski definition) is 0. The fraction of sp³-hybridized carbons (Fsp3) is 0.250. The van der Waals surface area contributed by atoms with Crippen LogP contribution in [0.15, 0.2) is 66.7 Å². The molecule has 1 unspecified atom stereocenters. The highest BCUT2D eigenvalue weighted by Crippen LogP contribution is 2.30. The molecule has 1 aliphatic rings. The molecule has 1 atom stereocenters. The SMILES string of the molecule is CC(OC(=O)CCCN1C(=O)c2cccc3cccc(c23)C1=O)C(=O)N(CCC#N)c1ccccc1. The summed E-state index contributed by atoms with van der Waals surface area (Å²) in [7, 11) is 0. The van der Waals surface area contributed by atoms with Crippen molar-refractivity contribution in [1.29, 1.82) is 5.26 Å². The number of esters is 1. The van der Waals surface area contributed by atoms with Crippen molar-refractivity contribution < 1.29 is 23.9 Å². The van der Waals surface area contributed by atoms with Gasteiger partial charge in [-0.05, 0) is 43.0 Å². The van der Waals surface area contributed by atoms with Crippen molar-refractivity contribution in [3.63, 3.8) is 0 Å². The van der Waals surface area contributed by atoms with Gasteiger partial charge in [-0.25, -0.2) is 0 Å². The Kier molecular flexibility index (Phi) is 7.40. The van der Waals surface area contributed by atoms with Crippen molar-refractivity contribution in [2.75, 3.05) is 18.0 Å². The molecule has 3 aromatic carbocycles. The van der Waals surface area contributed by atoms with Crippen LogP contribution in [-0.4, -0.2) is 47.8 Å². The van der Waals surface area contributed by atoms with Crippen molar-refractivity contribution in [3.05, 3.63) is 77.9 Å². The molecule has 0 saturated heterocycles. The van der Waals surface area contributed by atoms with Gasteiger partial charge >= 0.3 is 5.97 Å². The third kappa shape index (κ3) is 4.96. The van der Waals surface area contributed by atoms with Crippen LogP contribution in [0.25, 0.3) is 10.8 Å². The predicted octanol–water partition coefficient (Wildman–Crippen LogP) is 4.09. The third-order valence-corrected chi connectivity index (χ3v) is 6.06. The Morgan fingerprint density at radius 3 is 2.22 bits per heavy atom. The zero-order chi connectivity index (χ0) is 25.7. The first-order valence-corrected chi connectivity index (χ1v) is 11.7. The summed E-state index contributed by atoms with van der Waals surface area (Å²) in [6, 6.07) is 21.5. The number of imide groups is 1. The second kappa shape index (κ2) is 10.8. The second-order valence-corrected chi connectivity index (χ2v) is 8.44. The Hall–Kier alpha value is -4.51. The number of nitrogens with zero attached hydrogens (tertiary/aromatic N) is 3. The zero-order valence-corrected chi connectivity index (χ0v) is 19.8. The van der Waals surface area contributed by atoms with E-state index in [4.69, 9.17) is 10.00 Å². The minimum Gasteiger partial charge on any atom is -0.453 e. The minimum absolute atomic E-state index is 0.0537. The Bertz CT molecular complexity index is 1310. The van der Waals surface area contributed by atoms with Gasteiger partial charge in [0.2, 0.25) is 0 Å². The molecule has 3 amide bonds. The molecule has 4 rings (SSSR count). The molecule has 0 spiro atoms. The number of hydrogen-bond acceptors (Lipinski definition) is 6. The lowest BCUT2D eigenvalue weighted by atomic mass is 9.94. The maximum absolute atomic E-state index is 13.0. The number of carbonyl (C=O) groups excluding carboxylic acids is 4. The van der Waals surface area contributed by atoms with Crippen molar-refractivity contribution in [1.82, 2.24) is 4.90 Å². The molecular formula is C28H25N3O5. The van der Waals surface area contributed by atoms with E-state index in [9.17, 15) is 19.2 Å². The summed E-state index contributed by atoms with van der Waals surface area (Å²) in [5.41, 5.74) is 1.53. The van der Waals surface area contributed by atoms with Crippen LogP contribution in [0.4, 0.5) is 5.69 Å². The monoisotopic (exact) mass is 483 g/mol. The molecule has 0 saturated carbocycles. The van der Waals surface area contributed by atoms with Crippen LogP contribution < -0.4 is 4.90 Å². The van der Waals surface area contributed by atoms with Crippen molar-refractivity contribution in [2.24, 2.45) is 0 Å². The molecule has 0 aliphatic carbocycles. The van der Waals surface area contributed by atoms with Crippen LogP contribution in [0.2, 0.25) is 0 Å². The van der Waals surface area contributed by atoms with Crippen LogP contribution in [0, 0.1) is 11.3 Å². The molecule has 8 heteroatoms. The van der Waals surface area contributed by atoms with Crippen LogP contribution >= 0.6 is 0 Å². The number of benzene rings is 3. The van der Waals surface area contributed by atoms with E-state index in [0.717, 1.165) is 10.3 Å². The van der Waals surface area contributed by atoms with Gasteiger partial charge in [0.25, 0.3) is 17.7 Å². The average molecular weight is 484 g/mol. The van der Waals surface area contributed by atoms with Gasteiger partial charge in [-0.1, -0.05) is 42.5 Å². The fourth-order valence-corrected chi connectivity index (χ4v) is 4.33. The molecule has 1 heterocycles. The number of anilines is 1. The number of ether oxygens (including phenoxy) is 1. The van der Waals surface area contributed by atoms with Crippen molar-refractivity contribution >= 4 is 40.2 Å². The van der Waals surface area contributed by atoms with Gasteiger partial charge in [-0.2, -0.15) is 5.26 Å². The number of rotatable bonds is 9. The lowest BCUT2D eigenvalue weighted by Gasteiger charge is -2.27. The Balaban J connectivity index is 1.35. The molecule has 8 nitrogen and oxygen atoms in total. The highest BCUT2D eigenvalue weighted by molar-refractivity contribution is 6.25. The standard InChI is InChI=1S/C28H25N3O5/c1-19(26(33)30(18-8-16-29)21-11-3-2-4-12-21)36-24(32)15-7-17-31-27(34)22-13-5-9-20-10-6-14-23(25(20)22)28(31)35/h2-6,9-14,19H,7-8,15,17-18H2,1H3. The molecule has 182 valence electrons. The fourth-order valence-electron chi connectivity index (χ4n) is 4.33. The summed E-state index contributed by atoms with van der Waals surface area (Å²) in [4.78, 5) is 53.9. The zero-order valence-electron chi connectivity index (χ0n) is 19.8. The summed E-state index contributed by atoms with van der Waals surface area (Å²) < 4.78 is 5.34. The van der Waals surface area contributed by atoms with Crippen LogP contribution in [-0.2, 0) is 14.3 Å². The van der Waals surface area contributed by atoms with E-state index < -0.39 is 29.8 Å². The van der Waals surface area contributed by atoms with E-state index in [1.807, 2.05) is 24.3 Å². The number of carbonyl (C=O) groups is 4. The molecule has 1 aliphatic heterocycles. The quantitative estimate of drug-likeness (QED) is 0.335. The van der Waals surface area contributed by atoms with Crippen LogP contribution in [0.3, 0.4) is 0 Å². The van der Waals surface area contributed by atoms with E-state index in [1.165, 1.54) is 11.8 Å². The summed E-state index contributed by atoms with van der Waals surface area (Å²) in [5.74, 6) is -1.83. The molecule has 0 bridgehead atoms. The lowest BCUT2D eigenvalue weighted by Crippen LogP contribution is -2.41. The first kappa shape index (κ1) is 24.6. The maximum atomic E-state index is 13.0. The van der Waals surface area contributed by atoms with Gasteiger partial charge in [-0.15, -0.1) is 0 Å². The van der Waals surface area contributed by atoms with Crippen LogP contribution in [0.5, 0.6) is 0 Å². The molecule has 0 fully saturated rings. The first-order chi connectivity index (χ1) is 17.4. The van der Waals surface area contributed by atoms with Gasteiger partial charge in [0.1, 0.15) is 0 Å². The van der Waals surface area contributed by atoms with E-state index in [1.54, 1.807) is 48.5 Å². The summed E-state index contributed by atoms with van der Waals surface area (Å²) >= 11 is 0. The topological polar surface area (TPSA) is 108 Å². The summed E-state index contributed by atoms with van der Waals surface area (Å²) in [6.07, 6.45) is -0.786. The smallest absolute Gasteiger partial charge is 0.306 e. The lowest BCUT2D eigenvalue weighted by molar-refractivity contribution is -0.154. The van der Waals surface area contributed by atoms with Crippen molar-refractivity contribution in [3.8, 4) is 6.07 Å². The average Bonchev–Trinajstić information content (AvgIpc) is 2.89. The number of nitriles is 1. The van der Waals surface area contributed by atoms with Gasteiger partial charge in [-0.3, -0.25) is 24.1 Å². The Morgan fingerprint density at radius 2 is 1.61 bits per heavy atom. The normalized spacial score (nSPS) is 13.3. The third-order valence-electron chi connectivity index (χ3n) is 6.06. The highest BCUT2D eigenvalue weighted by Gasteiger charge is 2.32. The van der Waals surface area contributed by atoms with Gasteiger partial charge in [0.05, 0.1) is 12.5 Å². The van der Waals surface area contributed by atoms with Crippen molar-refractivity contribution in [2.45, 2.75) is 32.3 Å². The number of amides is 3. The first-order valence-electron chi connectivity index (χ1n) is 11.7.